The third-order valence-electron chi connectivity index (χ3n) is 4.64. The Morgan fingerprint density at radius 3 is 2.74 bits per heavy atom. The van der Waals surface area contributed by atoms with Crippen molar-refractivity contribution >= 4 is 11.8 Å². The Morgan fingerprint density at radius 2 is 2.00 bits per heavy atom. The van der Waals surface area contributed by atoms with Crippen LogP contribution in [0.5, 0.6) is 0 Å². The van der Waals surface area contributed by atoms with Gasteiger partial charge in [0.25, 0.3) is 0 Å². The summed E-state index contributed by atoms with van der Waals surface area (Å²) in [4.78, 5) is 0. The molecule has 1 N–H and O–H groups in total. The molecule has 3 unspecified atom stereocenters. The molecule has 3 heterocycles. The van der Waals surface area contributed by atoms with Crippen LogP contribution in [0.15, 0.2) is 0 Å². The first kappa shape index (κ1) is 14.1. The van der Waals surface area contributed by atoms with E-state index in [9.17, 15) is 5.11 Å². The van der Waals surface area contributed by atoms with Gasteiger partial charge >= 0.3 is 0 Å². The highest BCUT2D eigenvalue weighted by Gasteiger charge is 2.42. The van der Waals surface area contributed by atoms with Crippen LogP contribution >= 0.6 is 11.8 Å². The van der Waals surface area contributed by atoms with Crippen LogP contribution in [0.4, 0.5) is 0 Å². The largest absolute Gasteiger partial charge is 0.390 e. The quantitative estimate of drug-likeness (QED) is 0.833. The van der Waals surface area contributed by atoms with E-state index in [4.69, 9.17) is 14.2 Å². The highest BCUT2D eigenvalue weighted by molar-refractivity contribution is 7.99. The van der Waals surface area contributed by atoms with Crippen LogP contribution in [0.2, 0.25) is 0 Å². The van der Waals surface area contributed by atoms with E-state index in [1.807, 2.05) is 11.8 Å². The average molecular weight is 288 g/mol. The molecule has 0 aromatic rings. The van der Waals surface area contributed by atoms with Gasteiger partial charge in [0.15, 0.2) is 0 Å². The number of ether oxygens (including phenoxy) is 3. The Morgan fingerprint density at radius 1 is 1.16 bits per heavy atom. The van der Waals surface area contributed by atoms with Crippen molar-refractivity contribution < 1.29 is 19.3 Å². The van der Waals surface area contributed by atoms with E-state index in [1.54, 1.807) is 0 Å². The van der Waals surface area contributed by atoms with E-state index in [0.717, 1.165) is 32.3 Å². The van der Waals surface area contributed by atoms with Gasteiger partial charge in [-0.2, -0.15) is 11.8 Å². The van der Waals surface area contributed by atoms with Crippen LogP contribution in [-0.2, 0) is 14.2 Å². The van der Waals surface area contributed by atoms with Crippen molar-refractivity contribution in [3.8, 4) is 0 Å². The van der Waals surface area contributed by atoms with Crippen molar-refractivity contribution in [2.24, 2.45) is 5.92 Å². The third kappa shape index (κ3) is 3.27. The Bertz CT molecular complexity index is 282. The van der Waals surface area contributed by atoms with Gasteiger partial charge in [-0.05, 0) is 43.1 Å². The van der Waals surface area contributed by atoms with Crippen LogP contribution < -0.4 is 0 Å². The molecule has 110 valence electrons. The lowest BCUT2D eigenvalue weighted by molar-refractivity contribution is -0.172. The van der Waals surface area contributed by atoms with E-state index in [0.29, 0.717) is 25.7 Å². The molecule has 19 heavy (non-hydrogen) atoms. The fourth-order valence-electron chi connectivity index (χ4n) is 3.46. The second kappa shape index (κ2) is 6.31. The summed E-state index contributed by atoms with van der Waals surface area (Å²) < 4.78 is 17.1. The van der Waals surface area contributed by atoms with E-state index >= 15 is 0 Å². The summed E-state index contributed by atoms with van der Waals surface area (Å²) in [6.07, 6.45) is 3.62. The van der Waals surface area contributed by atoms with Crippen molar-refractivity contribution in [3.63, 3.8) is 0 Å². The maximum absolute atomic E-state index is 10.5. The molecule has 0 aromatic heterocycles. The molecule has 0 bridgehead atoms. The van der Waals surface area contributed by atoms with Gasteiger partial charge in [-0.3, -0.25) is 0 Å². The number of hydrogen-bond donors (Lipinski definition) is 1. The second-order valence-electron chi connectivity index (χ2n) is 5.87. The molecule has 3 fully saturated rings. The van der Waals surface area contributed by atoms with Gasteiger partial charge in [0, 0.05) is 6.61 Å². The third-order valence-corrected chi connectivity index (χ3v) is 5.63. The Hall–Kier alpha value is 0.190. The fourth-order valence-corrected chi connectivity index (χ4v) is 4.69. The number of hydrogen-bond acceptors (Lipinski definition) is 5. The predicted molar refractivity (Wildman–Crippen MR) is 74.5 cm³/mol. The van der Waals surface area contributed by atoms with Crippen LogP contribution in [-0.4, -0.2) is 60.8 Å². The van der Waals surface area contributed by atoms with Crippen LogP contribution in [0, 0.1) is 5.92 Å². The first-order chi connectivity index (χ1) is 9.29. The van der Waals surface area contributed by atoms with Gasteiger partial charge in [0.05, 0.1) is 31.5 Å². The topological polar surface area (TPSA) is 47.9 Å². The molecule has 0 saturated carbocycles. The molecule has 0 radical (unpaired) electrons. The Kier molecular flexibility index (Phi) is 4.70. The number of aliphatic hydroxyl groups is 1. The van der Waals surface area contributed by atoms with Crippen molar-refractivity contribution in [2.75, 3.05) is 37.9 Å². The van der Waals surface area contributed by atoms with Crippen molar-refractivity contribution in [2.45, 2.75) is 43.5 Å². The van der Waals surface area contributed by atoms with Gasteiger partial charge in [-0.1, -0.05) is 0 Å². The molecule has 3 saturated heterocycles. The lowest BCUT2D eigenvalue weighted by Gasteiger charge is -2.45. The summed E-state index contributed by atoms with van der Waals surface area (Å²) in [6, 6.07) is 0. The highest BCUT2D eigenvalue weighted by atomic mass is 32.2. The molecule has 0 aromatic carbocycles. The number of aliphatic hydroxyl groups excluding tert-OH is 1. The second-order valence-corrected chi connectivity index (χ2v) is 7.10. The summed E-state index contributed by atoms with van der Waals surface area (Å²) in [7, 11) is 0. The van der Waals surface area contributed by atoms with E-state index in [1.165, 1.54) is 11.5 Å². The molecule has 3 aliphatic rings. The summed E-state index contributed by atoms with van der Waals surface area (Å²) >= 11 is 2.01. The van der Waals surface area contributed by atoms with Crippen molar-refractivity contribution in [3.05, 3.63) is 0 Å². The van der Waals surface area contributed by atoms with E-state index in [2.05, 4.69) is 0 Å². The normalized spacial score (nSPS) is 37.1. The average Bonchev–Trinajstić information content (AvgIpc) is 2.48. The molecular weight excluding hydrogens is 264 g/mol. The SMILES string of the molecule is OC(C1CCOC2(CCSCC2)C1)C1COCCO1. The molecule has 0 aliphatic carbocycles. The summed E-state index contributed by atoms with van der Waals surface area (Å²) in [6.45, 7) is 2.56. The molecule has 4 nitrogen and oxygen atoms in total. The fraction of sp³-hybridized carbons (Fsp3) is 1.00. The molecule has 3 aliphatic heterocycles. The summed E-state index contributed by atoms with van der Waals surface area (Å²) in [5, 5.41) is 10.5. The Labute approximate surface area is 119 Å². The standard InChI is InChI=1S/C14H24O4S/c15-13(12-10-16-5-6-17-12)11-1-4-18-14(9-11)2-7-19-8-3-14/h11-13,15H,1-10H2. The molecule has 0 amide bonds. The zero-order chi connectivity index (χ0) is 13.1. The molecule has 5 heteroatoms. The predicted octanol–water partition coefficient (Wildman–Crippen LogP) is 1.46. The van der Waals surface area contributed by atoms with Crippen molar-refractivity contribution in [1.29, 1.82) is 0 Å². The van der Waals surface area contributed by atoms with Crippen LogP contribution in [0.25, 0.3) is 0 Å². The summed E-state index contributed by atoms with van der Waals surface area (Å²) in [5.41, 5.74) is 0.0324. The smallest absolute Gasteiger partial charge is 0.107 e. The van der Waals surface area contributed by atoms with Gasteiger partial charge < -0.3 is 19.3 Å². The lowest BCUT2D eigenvalue weighted by Crippen LogP contribution is -2.50. The van der Waals surface area contributed by atoms with Gasteiger partial charge in [-0.15, -0.1) is 0 Å². The molecular formula is C14H24O4S. The van der Waals surface area contributed by atoms with Crippen molar-refractivity contribution in [1.82, 2.24) is 0 Å². The highest BCUT2D eigenvalue weighted by Crippen LogP contribution is 2.41. The maximum atomic E-state index is 10.5. The van der Waals surface area contributed by atoms with E-state index < -0.39 is 6.10 Å². The first-order valence-electron chi connectivity index (χ1n) is 7.38. The Balaban J connectivity index is 1.60. The minimum atomic E-state index is -0.407. The summed E-state index contributed by atoms with van der Waals surface area (Å²) in [5.74, 6) is 2.67. The maximum Gasteiger partial charge on any atom is 0.107 e. The van der Waals surface area contributed by atoms with Crippen LogP contribution in [0.1, 0.15) is 25.7 Å². The van der Waals surface area contributed by atoms with Crippen LogP contribution in [0.3, 0.4) is 0 Å². The zero-order valence-electron chi connectivity index (χ0n) is 11.4. The monoisotopic (exact) mass is 288 g/mol. The minimum absolute atomic E-state index is 0.0324. The lowest BCUT2D eigenvalue weighted by atomic mass is 9.78. The minimum Gasteiger partial charge on any atom is -0.390 e. The first-order valence-corrected chi connectivity index (χ1v) is 8.54. The zero-order valence-corrected chi connectivity index (χ0v) is 12.2. The number of rotatable bonds is 2. The van der Waals surface area contributed by atoms with Gasteiger partial charge in [-0.25, -0.2) is 0 Å². The molecule has 3 rings (SSSR count). The van der Waals surface area contributed by atoms with E-state index in [-0.39, 0.29) is 11.7 Å². The van der Waals surface area contributed by atoms with Gasteiger partial charge in [0.2, 0.25) is 0 Å². The number of thioether (sulfide) groups is 1. The van der Waals surface area contributed by atoms with Gasteiger partial charge in [0.1, 0.15) is 6.10 Å². The molecule has 1 spiro atoms. The molecule has 3 atom stereocenters.